The van der Waals surface area contributed by atoms with Crippen LogP contribution in [0.5, 0.6) is 0 Å². The summed E-state index contributed by atoms with van der Waals surface area (Å²) < 4.78 is 28.8. The monoisotopic (exact) mass is 283 g/mol. The molecule has 1 amide bonds. The largest absolute Gasteiger partial charge is 0.375 e. The third kappa shape index (κ3) is 3.13. The molecular weight excluding hydrogens is 266 g/mol. The van der Waals surface area contributed by atoms with Gasteiger partial charge < -0.3 is 9.64 Å². The van der Waals surface area contributed by atoms with Crippen molar-refractivity contribution >= 4 is 15.7 Å². The number of sulfone groups is 1. The molecular formula is C13H17NO4S. The highest BCUT2D eigenvalue weighted by molar-refractivity contribution is 7.90. The standard InChI is InChI=1S/C13H17NO4S/c1-10-9-14(7-8-18-10)13(15)11-5-3-4-6-12(11)19(2,16)17/h3-6,10H,7-9H2,1-2H3. The number of rotatable bonds is 2. The van der Waals surface area contributed by atoms with Crippen molar-refractivity contribution < 1.29 is 17.9 Å². The summed E-state index contributed by atoms with van der Waals surface area (Å²) >= 11 is 0. The van der Waals surface area contributed by atoms with Crippen molar-refractivity contribution in [1.82, 2.24) is 4.90 Å². The molecule has 1 aromatic carbocycles. The van der Waals surface area contributed by atoms with E-state index >= 15 is 0 Å². The van der Waals surface area contributed by atoms with Crippen molar-refractivity contribution in [3.63, 3.8) is 0 Å². The second kappa shape index (κ2) is 5.30. The predicted molar refractivity (Wildman–Crippen MR) is 70.9 cm³/mol. The minimum atomic E-state index is -3.41. The normalized spacial score (nSPS) is 20.3. The van der Waals surface area contributed by atoms with Crippen molar-refractivity contribution in [2.45, 2.75) is 17.9 Å². The van der Waals surface area contributed by atoms with E-state index in [9.17, 15) is 13.2 Å². The number of carbonyl (C=O) groups excluding carboxylic acids is 1. The molecule has 1 unspecified atom stereocenters. The minimum Gasteiger partial charge on any atom is -0.375 e. The van der Waals surface area contributed by atoms with Crippen LogP contribution in [-0.2, 0) is 14.6 Å². The lowest BCUT2D eigenvalue weighted by Gasteiger charge is -2.31. The van der Waals surface area contributed by atoms with Crippen LogP contribution in [0.25, 0.3) is 0 Å². The Morgan fingerprint density at radius 3 is 2.68 bits per heavy atom. The quantitative estimate of drug-likeness (QED) is 0.810. The van der Waals surface area contributed by atoms with Crippen LogP contribution >= 0.6 is 0 Å². The molecule has 0 N–H and O–H groups in total. The van der Waals surface area contributed by atoms with Gasteiger partial charge >= 0.3 is 0 Å². The molecule has 1 aromatic rings. The molecule has 0 saturated carbocycles. The lowest BCUT2D eigenvalue weighted by Crippen LogP contribution is -2.44. The second-order valence-corrected chi connectivity index (χ2v) is 6.69. The van der Waals surface area contributed by atoms with Crippen LogP contribution in [0.15, 0.2) is 29.2 Å². The molecule has 0 bridgehead atoms. The number of carbonyl (C=O) groups is 1. The summed E-state index contributed by atoms with van der Waals surface area (Å²) in [6.45, 7) is 3.34. The Hall–Kier alpha value is -1.40. The van der Waals surface area contributed by atoms with Crippen LogP contribution in [0, 0.1) is 0 Å². The van der Waals surface area contributed by atoms with E-state index < -0.39 is 9.84 Å². The first-order valence-corrected chi connectivity index (χ1v) is 7.98. The van der Waals surface area contributed by atoms with E-state index in [0.717, 1.165) is 6.26 Å². The third-order valence-electron chi connectivity index (χ3n) is 3.05. The van der Waals surface area contributed by atoms with Crippen molar-refractivity contribution in [1.29, 1.82) is 0 Å². The molecule has 1 fully saturated rings. The highest BCUT2D eigenvalue weighted by atomic mass is 32.2. The summed E-state index contributed by atoms with van der Waals surface area (Å²) in [5.41, 5.74) is 0.235. The van der Waals surface area contributed by atoms with E-state index in [1.165, 1.54) is 6.07 Å². The first-order valence-electron chi connectivity index (χ1n) is 6.09. The molecule has 1 heterocycles. The zero-order valence-corrected chi connectivity index (χ0v) is 11.8. The lowest BCUT2D eigenvalue weighted by molar-refractivity contribution is -0.0125. The highest BCUT2D eigenvalue weighted by Gasteiger charge is 2.26. The first-order chi connectivity index (χ1) is 8.89. The molecule has 5 nitrogen and oxygen atoms in total. The molecule has 1 aliphatic rings. The van der Waals surface area contributed by atoms with Crippen LogP contribution in [-0.4, -0.2) is 51.3 Å². The predicted octanol–water partition coefficient (Wildman–Crippen LogP) is 0.951. The molecule has 104 valence electrons. The number of hydrogen-bond acceptors (Lipinski definition) is 4. The van der Waals surface area contributed by atoms with Crippen LogP contribution in [0.2, 0.25) is 0 Å². The van der Waals surface area contributed by atoms with Gasteiger partial charge in [0.25, 0.3) is 5.91 Å². The number of nitrogens with zero attached hydrogens (tertiary/aromatic N) is 1. The molecule has 0 aliphatic carbocycles. The zero-order valence-electron chi connectivity index (χ0n) is 11.0. The van der Waals surface area contributed by atoms with E-state index in [2.05, 4.69) is 0 Å². The highest BCUT2D eigenvalue weighted by Crippen LogP contribution is 2.18. The summed E-state index contributed by atoms with van der Waals surface area (Å²) in [5.74, 6) is -0.254. The van der Waals surface area contributed by atoms with Crippen molar-refractivity contribution in [3.8, 4) is 0 Å². The first kappa shape index (κ1) is 14.0. The van der Waals surface area contributed by atoms with Gasteiger partial charge in [0.15, 0.2) is 9.84 Å². The second-order valence-electron chi connectivity index (χ2n) is 4.70. The average molecular weight is 283 g/mol. The SMILES string of the molecule is CC1CN(C(=O)c2ccccc2S(C)(=O)=O)CCO1. The Morgan fingerprint density at radius 2 is 2.05 bits per heavy atom. The minimum absolute atomic E-state index is 0.0249. The lowest BCUT2D eigenvalue weighted by atomic mass is 10.2. The molecule has 1 atom stereocenters. The average Bonchev–Trinajstić information content (AvgIpc) is 2.37. The Bertz CT molecular complexity index is 582. The van der Waals surface area contributed by atoms with Gasteiger partial charge in [0.2, 0.25) is 0 Å². The van der Waals surface area contributed by atoms with E-state index in [-0.39, 0.29) is 22.5 Å². The Balaban J connectivity index is 2.34. The number of ether oxygens (including phenoxy) is 1. The maximum atomic E-state index is 12.4. The van der Waals surface area contributed by atoms with Crippen LogP contribution in [0.3, 0.4) is 0 Å². The van der Waals surface area contributed by atoms with Crippen molar-refractivity contribution in [2.24, 2.45) is 0 Å². The number of amides is 1. The van der Waals surface area contributed by atoms with Crippen molar-refractivity contribution in [2.75, 3.05) is 26.0 Å². The smallest absolute Gasteiger partial charge is 0.255 e. The van der Waals surface area contributed by atoms with E-state index in [1.807, 2.05) is 6.92 Å². The Labute approximate surface area is 113 Å². The maximum absolute atomic E-state index is 12.4. The van der Waals surface area contributed by atoms with Crippen LogP contribution in [0.1, 0.15) is 17.3 Å². The van der Waals surface area contributed by atoms with Gasteiger partial charge in [0.05, 0.1) is 23.2 Å². The fraction of sp³-hybridized carbons (Fsp3) is 0.462. The van der Waals surface area contributed by atoms with Crippen LogP contribution < -0.4 is 0 Å². The van der Waals surface area contributed by atoms with E-state index in [1.54, 1.807) is 23.1 Å². The molecule has 1 aliphatic heterocycles. The van der Waals surface area contributed by atoms with Gasteiger partial charge in [-0.15, -0.1) is 0 Å². The third-order valence-corrected chi connectivity index (χ3v) is 4.20. The van der Waals surface area contributed by atoms with Gasteiger partial charge in [-0.1, -0.05) is 12.1 Å². The maximum Gasteiger partial charge on any atom is 0.255 e. The van der Waals surface area contributed by atoms with Gasteiger partial charge in [-0.25, -0.2) is 8.42 Å². The summed E-state index contributed by atoms with van der Waals surface area (Å²) in [4.78, 5) is 14.1. The summed E-state index contributed by atoms with van der Waals surface area (Å²) in [6.07, 6.45) is 1.09. The Morgan fingerprint density at radius 1 is 1.37 bits per heavy atom. The Kier molecular flexibility index (Phi) is 3.91. The molecule has 6 heteroatoms. The fourth-order valence-electron chi connectivity index (χ4n) is 2.14. The number of benzene rings is 1. The molecule has 2 rings (SSSR count). The molecule has 0 radical (unpaired) electrons. The van der Waals surface area contributed by atoms with Gasteiger partial charge in [-0.2, -0.15) is 0 Å². The van der Waals surface area contributed by atoms with E-state index in [0.29, 0.717) is 19.7 Å². The number of morpholine rings is 1. The molecule has 0 aromatic heterocycles. The molecule has 0 spiro atoms. The summed E-state index contributed by atoms with van der Waals surface area (Å²) in [5, 5.41) is 0. The molecule has 19 heavy (non-hydrogen) atoms. The van der Waals surface area contributed by atoms with Gasteiger partial charge in [0, 0.05) is 19.3 Å². The molecule has 1 saturated heterocycles. The van der Waals surface area contributed by atoms with Crippen molar-refractivity contribution in [3.05, 3.63) is 29.8 Å². The topological polar surface area (TPSA) is 63.7 Å². The summed E-state index contributed by atoms with van der Waals surface area (Å²) in [7, 11) is -3.41. The van der Waals surface area contributed by atoms with E-state index in [4.69, 9.17) is 4.74 Å². The zero-order chi connectivity index (χ0) is 14.0. The van der Waals surface area contributed by atoms with Gasteiger partial charge in [0.1, 0.15) is 0 Å². The van der Waals surface area contributed by atoms with Gasteiger partial charge in [-0.3, -0.25) is 4.79 Å². The van der Waals surface area contributed by atoms with Gasteiger partial charge in [-0.05, 0) is 19.1 Å². The summed E-state index contributed by atoms with van der Waals surface area (Å²) in [6, 6.07) is 6.31. The number of hydrogen-bond donors (Lipinski definition) is 0. The fourth-order valence-corrected chi connectivity index (χ4v) is 3.02. The van der Waals surface area contributed by atoms with Crippen LogP contribution in [0.4, 0.5) is 0 Å².